The number of hydrogen-bond donors (Lipinski definition) is 2. The van der Waals surface area contributed by atoms with E-state index in [4.69, 9.17) is 4.74 Å². The molecule has 0 bridgehead atoms. The minimum absolute atomic E-state index is 0. The van der Waals surface area contributed by atoms with Crippen LogP contribution in [0.3, 0.4) is 0 Å². The molecule has 1 heterocycles. The van der Waals surface area contributed by atoms with E-state index in [0.717, 1.165) is 50.4 Å². The van der Waals surface area contributed by atoms with Gasteiger partial charge in [-0.15, -0.1) is 24.0 Å². The highest BCUT2D eigenvalue weighted by Gasteiger charge is 2.39. The molecule has 5 nitrogen and oxygen atoms in total. The number of guanidine groups is 1. The molecule has 1 aliphatic carbocycles. The Hall–Kier alpha value is -1.87. The van der Waals surface area contributed by atoms with Crippen LogP contribution in [0, 0.1) is 12.7 Å². The van der Waals surface area contributed by atoms with Gasteiger partial charge in [-0.2, -0.15) is 0 Å². The van der Waals surface area contributed by atoms with Crippen molar-refractivity contribution < 1.29 is 9.13 Å². The monoisotopic (exact) mass is 552 g/mol. The number of rotatable bonds is 6. The van der Waals surface area contributed by atoms with Gasteiger partial charge in [-0.3, -0.25) is 9.89 Å². The number of likely N-dealkylation sites (tertiary alicyclic amines) is 1. The van der Waals surface area contributed by atoms with E-state index in [1.165, 1.54) is 18.2 Å². The van der Waals surface area contributed by atoms with Gasteiger partial charge < -0.3 is 15.4 Å². The lowest BCUT2D eigenvalue weighted by Gasteiger charge is -2.33. The normalized spacial score (nSPS) is 21.6. The van der Waals surface area contributed by atoms with Gasteiger partial charge in [0.05, 0.1) is 7.11 Å². The number of nitrogens with one attached hydrogen (secondary N) is 2. The van der Waals surface area contributed by atoms with Crippen molar-refractivity contribution in [3.8, 4) is 5.75 Å². The molecule has 2 aliphatic rings. The second-order valence-corrected chi connectivity index (χ2v) is 8.69. The van der Waals surface area contributed by atoms with Crippen LogP contribution in [0.2, 0.25) is 0 Å². The number of piperidine rings is 1. The van der Waals surface area contributed by atoms with Crippen molar-refractivity contribution in [2.24, 2.45) is 4.99 Å². The summed E-state index contributed by atoms with van der Waals surface area (Å²) >= 11 is 0. The molecule has 0 radical (unpaired) electrons. The fourth-order valence-corrected chi connectivity index (χ4v) is 4.54. The first-order chi connectivity index (χ1) is 15.1. The molecule has 2 aromatic rings. The highest BCUT2D eigenvalue weighted by atomic mass is 127. The van der Waals surface area contributed by atoms with Gasteiger partial charge in [-0.05, 0) is 55.0 Å². The first kappa shape index (κ1) is 24.8. The van der Waals surface area contributed by atoms with E-state index >= 15 is 0 Å². The van der Waals surface area contributed by atoms with Crippen molar-refractivity contribution in [3.63, 3.8) is 0 Å². The van der Waals surface area contributed by atoms with Crippen molar-refractivity contribution >= 4 is 29.9 Å². The summed E-state index contributed by atoms with van der Waals surface area (Å²) in [6.45, 7) is 4.92. The summed E-state index contributed by atoms with van der Waals surface area (Å²) in [6.07, 6.45) is 3.25. The molecule has 7 heteroatoms. The fraction of sp³-hybridized carbons (Fsp3) is 0.480. The average molecular weight is 552 g/mol. The van der Waals surface area contributed by atoms with Gasteiger partial charge in [-0.25, -0.2) is 4.39 Å². The molecule has 2 unspecified atom stereocenters. The zero-order valence-electron chi connectivity index (χ0n) is 19.1. The number of nitrogens with zero attached hydrogens (tertiary/aromatic N) is 2. The van der Waals surface area contributed by atoms with E-state index < -0.39 is 0 Å². The van der Waals surface area contributed by atoms with Crippen molar-refractivity contribution in [2.45, 2.75) is 50.7 Å². The average Bonchev–Trinajstić information content (AvgIpc) is 3.54. The molecule has 174 valence electrons. The number of methoxy groups -OCH3 is 1. The maximum Gasteiger partial charge on any atom is 0.191 e. The van der Waals surface area contributed by atoms with Crippen molar-refractivity contribution in [1.82, 2.24) is 15.5 Å². The number of aryl methyl sites for hydroxylation is 1. The maximum absolute atomic E-state index is 13.9. The second kappa shape index (κ2) is 11.3. The Labute approximate surface area is 207 Å². The zero-order chi connectivity index (χ0) is 21.8. The molecule has 1 saturated heterocycles. The zero-order valence-corrected chi connectivity index (χ0v) is 21.4. The summed E-state index contributed by atoms with van der Waals surface area (Å²) in [5.41, 5.74) is 3.79. The van der Waals surface area contributed by atoms with E-state index in [0.29, 0.717) is 23.8 Å². The fourth-order valence-electron chi connectivity index (χ4n) is 4.54. The third kappa shape index (κ3) is 6.13. The van der Waals surface area contributed by atoms with Crippen LogP contribution in [0.5, 0.6) is 5.75 Å². The van der Waals surface area contributed by atoms with Crippen molar-refractivity contribution in [2.75, 3.05) is 27.2 Å². The van der Waals surface area contributed by atoms with Crippen LogP contribution in [-0.2, 0) is 6.54 Å². The molecule has 1 aliphatic heterocycles. The van der Waals surface area contributed by atoms with Crippen LogP contribution in [-0.4, -0.2) is 50.2 Å². The Bertz CT molecular complexity index is 930. The largest absolute Gasteiger partial charge is 0.494 e. The second-order valence-electron chi connectivity index (χ2n) is 8.69. The summed E-state index contributed by atoms with van der Waals surface area (Å²) in [5, 5.41) is 7.21. The molecule has 1 saturated carbocycles. The molecule has 2 atom stereocenters. The Morgan fingerprint density at radius 3 is 2.56 bits per heavy atom. The van der Waals surface area contributed by atoms with Crippen molar-refractivity contribution in [3.05, 3.63) is 65.0 Å². The number of halogens is 2. The topological polar surface area (TPSA) is 48.9 Å². The van der Waals surface area contributed by atoms with Gasteiger partial charge in [0.1, 0.15) is 0 Å². The number of aliphatic imine (C=N–C) groups is 1. The minimum Gasteiger partial charge on any atom is -0.494 e. The predicted octanol–water partition coefficient (Wildman–Crippen LogP) is 4.45. The Kier molecular flexibility index (Phi) is 8.76. The van der Waals surface area contributed by atoms with Gasteiger partial charge in [0.2, 0.25) is 0 Å². The van der Waals surface area contributed by atoms with Crippen LogP contribution in [0.1, 0.15) is 41.9 Å². The Morgan fingerprint density at radius 1 is 1.16 bits per heavy atom. The van der Waals surface area contributed by atoms with E-state index in [1.54, 1.807) is 12.1 Å². The molecule has 0 amide bonds. The Morgan fingerprint density at radius 2 is 1.91 bits per heavy atom. The van der Waals surface area contributed by atoms with Gasteiger partial charge in [-0.1, -0.05) is 30.3 Å². The Balaban J connectivity index is 0.00000289. The van der Waals surface area contributed by atoms with Crippen LogP contribution >= 0.6 is 24.0 Å². The quantitative estimate of drug-likeness (QED) is 0.316. The molecule has 2 N–H and O–H groups in total. The molecule has 4 rings (SSSR count). The third-order valence-corrected chi connectivity index (χ3v) is 6.47. The molecule has 2 fully saturated rings. The lowest BCUT2D eigenvalue weighted by molar-refractivity contribution is 0.198. The summed E-state index contributed by atoms with van der Waals surface area (Å²) in [7, 11) is 3.33. The molecular formula is C25H34FIN4O. The highest BCUT2D eigenvalue weighted by molar-refractivity contribution is 14.0. The van der Waals surface area contributed by atoms with Crippen LogP contribution in [0.4, 0.5) is 4.39 Å². The van der Waals surface area contributed by atoms with Gasteiger partial charge >= 0.3 is 0 Å². The van der Waals surface area contributed by atoms with Gasteiger partial charge in [0.25, 0.3) is 0 Å². The maximum atomic E-state index is 13.9. The lowest BCUT2D eigenvalue weighted by atomic mass is 10.0. The van der Waals surface area contributed by atoms with E-state index in [9.17, 15) is 4.39 Å². The van der Waals surface area contributed by atoms with Crippen LogP contribution in [0.15, 0.2) is 47.5 Å². The van der Waals surface area contributed by atoms with Gasteiger partial charge in [0, 0.05) is 44.7 Å². The molecular weight excluding hydrogens is 518 g/mol. The summed E-state index contributed by atoms with van der Waals surface area (Å²) < 4.78 is 18.9. The first-order valence-electron chi connectivity index (χ1n) is 11.2. The SMILES string of the molecule is CN=C(NC1CCN(Cc2ccc(OC)c(F)c2)CC1)NC1CC1c1ccccc1C.I. The summed E-state index contributed by atoms with van der Waals surface area (Å²) in [6, 6.07) is 14.7. The van der Waals surface area contributed by atoms with E-state index in [-0.39, 0.29) is 29.8 Å². The van der Waals surface area contributed by atoms with Crippen LogP contribution in [0.25, 0.3) is 0 Å². The van der Waals surface area contributed by atoms with Crippen LogP contribution < -0.4 is 15.4 Å². The van der Waals surface area contributed by atoms with E-state index in [2.05, 4.69) is 51.7 Å². The number of benzene rings is 2. The molecule has 32 heavy (non-hydrogen) atoms. The molecule has 0 spiro atoms. The standard InChI is InChI=1S/C25H33FN4O.HI/c1-17-6-4-5-7-20(17)21-15-23(21)29-25(27-2)28-19-10-12-30(13-11-19)16-18-8-9-24(31-3)22(26)14-18;/h4-9,14,19,21,23H,10-13,15-16H2,1-3H3,(H2,27,28,29);1H. The minimum atomic E-state index is -0.296. The van der Waals surface area contributed by atoms with E-state index in [1.807, 2.05) is 13.1 Å². The first-order valence-corrected chi connectivity index (χ1v) is 11.2. The molecule has 2 aromatic carbocycles. The van der Waals surface area contributed by atoms with Crippen molar-refractivity contribution in [1.29, 1.82) is 0 Å². The van der Waals surface area contributed by atoms with Gasteiger partial charge in [0.15, 0.2) is 17.5 Å². The third-order valence-electron chi connectivity index (χ3n) is 6.47. The number of hydrogen-bond acceptors (Lipinski definition) is 3. The number of ether oxygens (including phenoxy) is 1. The lowest BCUT2D eigenvalue weighted by Crippen LogP contribution is -2.49. The summed E-state index contributed by atoms with van der Waals surface area (Å²) in [5.74, 6) is 1.48. The predicted molar refractivity (Wildman–Crippen MR) is 139 cm³/mol. The molecule has 0 aromatic heterocycles. The smallest absolute Gasteiger partial charge is 0.191 e. The summed E-state index contributed by atoms with van der Waals surface area (Å²) in [4.78, 5) is 6.83. The highest BCUT2D eigenvalue weighted by Crippen LogP contribution is 2.42.